The summed E-state index contributed by atoms with van der Waals surface area (Å²) in [4.78, 5) is 22.0. The zero-order chi connectivity index (χ0) is 8.85. The highest BCUT2D eigenvalue weighted by Gasteiger charge is 2.10. The smallest absolute Gasteiger partial charge is 0.324 e. The first-order chi connectivity index (χ1) is 5.06. The van der Waals surface area contributed by atoms with Crippen LogP contribution in [0.4, 0.5) is 0 Å². The van der Waals surface area contributed by atoms with E-state index in [0.717, 1.165) is 0 Å². The number of esters is 1. The molecule has 6 heteroatoms. The average molecular weight is 179 g/mol. The van der Waals surface area contributed by atoms with Gasteiger partial charge < -0.3 is 9.63 Å². The molecule has 0 rings (SSSR count). The van der Waals surface area contributed by atoms with Crippen LogP contribution < -0.4 is 4.89 Å². The number of ether oxygens (including phenoxy) is 1. The molecule has 0 saturated heterocycles. The number of likely N-dealkylation sites (N-methyl/N-ethyl adjacent to an activating group) is 1. The van der Waals surface area contributed by atoms with Crippen molar-refractivity contribution in [1.29, 1.82) is 0 Å². The quantitative estimate of drug-likeness (QED) is 0.415. The lowest BCUT2D eigenvalue weighted by Crippen LogP contribution is -2.27. The monoisotopic (exact) mass is 179 g/mol. The predicted molar refractivity (Wildman–Crippen MR) is 37.1 cm³/mol. The number of carbonyl (C=O) groups is 1. The summed E-state index contributed by atoms with van der Waals surface area (Å²) < 4.78 is 14.4. The van der Waals surface area contributed by atoms with E-state index >= 15 is 0 Å². The first-order valence-corrected chi connectivity index (χ1v) is 4.29. The van der Waals surface area contributed by atoms with Crippen LogP contribution in [-0.2, 0) is 14.1 Å². The van der Waals surface area contributed by atoms with Gasteiger partial charge in [-0.3, -0.25) is 9.69 Å². The Morgan fingerprint density at radius 1 is 1.73 bits per heavy atom. The fourth-order valence-corrected chi connectivity index (χ4v) is 1.03. The van der Waals surface area contributed by atoms with Crippen molar-refractivity contribution in [1.82, 2.24) is 4.90 Å². The molecular weight excluding hydrogens is 169 g/mol. The van der Waals surface area contributed by atoms with E-state index in [9.17, 15) is 14.3 Å². The molecule has 0 aliphatic rings. The van der Waals surface area contributed by atoms with Crippen LogP contribution in [-0.4, -0.2) is 37.9 Å². The topological polar surface area (TPSA) is 69.7 Å². The highest BCUT2D eigenvalue weighted by atomic mass is 31.1. The summed E-state index contributed by atoms with van der Waals surface area (Å²) in [5, 5.41) is 0. The minimum Gasteiger partial charge on any atom is -0.594 e. The van der Waals surface area contributed by atoms with Gasteiger partial charge in [0.25, 0.3) is 0 Å². The highest BCUT2D eigenvalue weighted by molar-refractivity contribution is 7.36. The van der Waals surface area contributed by atoms with Gasteiger partial charge in [0, 0.05) is 0 Å². The van der Waals surface area contributed by atoms with E-state index in [2.05, 4.69) is 4.74 Å². The van der Waals surface area contributed by atoms with E-state index in [1.54, 1.807) is 0 Å². The molecule has 1 unspecified atom stereocenters. The molecule has 0 aliphatic carbocycles. The van der Waals surface area contributed by atoms with Crippen molar-refractivity contribution < 1.29 is 19.0 Å². The van der Waals surface area contributed by atoms with Gasteiger partial charge in [-0.05, 0) is 7.05 Å². The molecule has 0 bridgehead atoms. The average Bonchev–Trinajstić information content (AvgIpc) is 1.85. The van der Waals surface area contributed by atoms with Crippen LogP contribution in [0, 0.1) is 0 Å². The Morgan fingerprint density at radius 2 is 2.27 bits per heavy atom. The summed E-state index contributed by atoms with van der Waals surface area (Å²) in [5.74, 6) is -0.440. The van der Waals surface area contributed by atoms with Crippen LogP contribution in [0.1, 0.15) is 0 Å². The molecule has 0 saturated carbocycles. The molecule has 0 amide bonds. The van der Waals surface area contributed by atoms with Crippen molar-refractivity contribution in [3.63, 3.8) is 0 Å². The van der Waals surface area contributed by atoms with E-state index < -0.39 is 14.0 Å². The van der Waals surface area contributed by atoms with Gasteiger partial charge in [-0.1, -0.05) is 4.57 Å². The molecule has 0 spiro atoms. The van der Waals surface area contributed by atoms with Gasteiger partial charge in [0.15, 0.2) is 6.29 Å². The molecule has 0 aromatic carbocycles. The standard InChI is InChI=1S/C5H10NO4P/c1-6(4-11(8)9)3-5(7)10-2/h3-4H2,1-2H3. The summed E-state index contributed by atoms with van der Waals surface area (Å²) in [5.41, 5.74) is 0. The van der Waals surface area contributed by atoms with E-state index in [1.807, 2.05) is 0 Å². The first kappa shape index (κ1) is 10.5. The van der Waals surface area contributed by atoms with E-state index in [1.165, 1.54) is 19.1 Å². The second-order valence-electron chi connectivity index (χ2n) is 2.06. The van der Waals surface area contributed by atoms with Crippen molar-refractivity contribution in [2.45, 2.75) is 0 Å². The maximum Gasteiger partial charge on any atom is 0.324 e. The van der Waals surface area contributed by atoms with Crippen LogP contribution in [0.5, 0.6) is 0 Å². The number of methoxy groups -OCH3 is 1. The lowest BCUT2D eigenvalue weighted by atomic mass is 10.6. The third kappa shape index (κ3) is 5.91. The normalized spacial score (nSPS) is 11.5. The van der Waals surface area contributed by atoms with Crippen LogP contribution in [0.3, 0.4) is 0 Å². The molecule has 0 heterocycles. The van der Waals surface area contributed by atoms with Crippen molar-refractivity contribution >= 4 is 14.0 Å². The van der Waals surface area contributed by atoms with Gasteiger partial charge in [0.05, 0.1) is 13.7 Å². The van der Waals surface area contributed by atoms with E-state index in [4.69, 9.17) is 0 Å². The number of nitrogens with zero attached hydrogens (tertiary/aromatic N) is 1. The number of rotatable bonds is 4. The van der Waals surface area contributed by atoms with Crippen LogP contribution in [0.2, 0.25) is 0 Å². The molecule has 0 fully saturated rings. The SMILES string of the molecule is COC(=O)CN(C)C[P+](=O)[O-]. The molecular formula is C5H10NO4P. The molecule has 0 radical (unpaired) electrons. The van der Waals surface area contributed by atoms with Gasteiger partial charge in [0.2, 0.25) is 0 Å². The predicted octanol–water partition coefficient (Wildman–Crippen LogP) is -0.849. The van der Waals surface area contributed by atoms with E-state index in [0.29, 0.717) is 0 Å². The minimum absolute atomic E-state index is 0.000185. The summed E-state index contributed by atoms with van der Waals surface area (Å²) in [7, 11) is 0.330. The summed E-state index contributed by atoms with van der Waals surface area (Å²) in [6.07, 6.45) is -0.121. The first-order valence-electron chi connectivity index (χ1n) is 2.93. The Hall–Kier alpha value is -0.510. The molecule has 0 aromatic heterocycles. The largest absolute Gasteiger partial charge is 0.594 e. The summed E-state index contributed by atoms with van der Waals surface area (Å²) >= 11 is 0. The van der Waals surface area contributed by atoms with Crippen LogP contribution in [0.15, 0.2) is 0 Å². The lowest BCUT2D eigenvalue weighted by molar-refractivity contribution is -0.166. The van der Waals surface area contributed by atoms with Gasteiger partial charge in [-0.25, -0.2) is 0 Å². The summed E-state index contributed by atoms with van der Waals surface area (Å²) in [6.45, 7) is -0.000185. The van der Waals surface area contributed by atoms with E-state index in [-0.39, 0.29) is 12.8 Å². The summed E-state index contributed by atoms with van der Waals surface area (Å²) in [6, 6.07) is 0. The molecule has 1 atom stereocenters. The number of hydrogen-bond acceptors (Lipinski definition) is 5. The molecule has 64 valence electrons. The molecule has 11 heavy (non-hydrogen) atoms. The Balaban J connectivity index is 3.60. The number of hydrogen-bond donors (Lipinski definition) is 0. The highest BCUT2D eigenvalue weighted by Crippen LogP contribution is 2.07. The minimum atomic E-state index is -2.46. The molecule has 0 aromatic rings. The van der Waals surface area contributed by atoms with Gasteiger partial charge >= 0.3 is 14.0 Å². The van der Waals surface area contributed by atoms with Gasteiger partial charge in [0.1, 0.15) is 0 Å². The Kier molecular flexibility index (Phi) is 4.94. The molecule has 0 aliphatic heterocycles. The Labute approximate surface area is 65.8 Å². The van der Waals surface area contributed by atoms with Crippen molar-refractivity contribution in [2.75, 3.05) is 27.0 Å². The van der Waals surface area contributed by atoms with Gasteiger partial charge in [-0.15, -0.1) is 0 Å². The van der Waals surface area contributed by atoms with Crippen molar-refractivity contribution in [2.24, 2.45) is 0 Å². The van der Waals surface area contributed by atoms with Crippen molar-refractivity contribution in [3.8, 4) is 0 Å². The Morgan fingerprint density at radius 3 is 2.64 bits per heavy atom. The third-order valence-electron chi connectivity index (χ3n) is 0.984. The fourth-order valence-electron chi connectivity index (χ4n) is 0.532. The zero-order valence-corrected chi connectivity index (χ0v) is 7.34. The maximum absolute atomic E-state index is 10.5. The zero-order valence-electron chi connectivity index (χ0n) is 6.44. The Bertz CT molecular complexity index is 161. The van der Waals surface area contributed by atoms with Crippen LogP contribution >= 0.6 is 8.03 Å². The molecule has 5 nitrogen and oxygen atoms in total. The third-order valence-corrected chi connectivity index (χ3v) is 1.70. The molecule has 0 N–H and O–H groups in total. The second kappa shape index (κ2) is 5.18. The maximum atomic E-state index is 10.5. The fraction of sp³-hybridized carbons (Fsp3) is 0.800. The number of carbonyl (C=O) groups excluding carboxylic acids is 1. The van der Waals surface area contributed by atoms with Crippen molar-refractivity contribution in [3.05, 3.63) is 0 Å². The van der Waals surface area contributed by atoms with Crippen LogP contribution in [0.25, 0.3) is 0 Å². The lowest BCUT2D eigenvalue weighted by Gasteiger charge is -2.08. The second-order valence-corrected chi connectivity index (χ2v) is 3.01. The van der Waals surface area contributed by atoms with Gasteiger partial charge in [-0.2, -0.15) is 0 Å².